The van der Waals surface area contributed by atoms with E-state index in [1.807, 2.05) is 0 Å². The third kappa shape index (κ3) is 3.67. The molecule has 0 aliphatic rings. The fourth-order valence-corrected chi connectivity index (χ4v) is 2.87. The van der Waals surface area contributed by atoms with Crippen molar-refractivity contribution < 1.29 is 18.4 Å². The summed E-state index contributed by atoms with van der Waals surface area (Å²) in [6, 6.07) is 4.62. The fraction of sp³-hybridized carbons (Fsp3) is 0.300. The lowest BCUT2D eigenvalue weighted by molar-refractivity contribution is -0.131. The SMILES string of the molecule is CCC(NS(=O)(=O)c1cccc(Cl)c1)C(=O)NO. The van der Waals surface area contributed by atoms with Gasteiger partial charge in [0.25, 0.3) is 5.91 Å². The van der Waals surface area contributed by atoms with Gasteiger partial charge in [0.2, 0.25) is 10.0 Å². The molecule has 1 rings (SSSR count). The summed E-state index contributed by atoms with van der Waals surface area (Å²) < 4.78 is 26.1. The molecule has 0 saturated carbocycles. The van der Waals surface area contributed by atoms with Gasteiger partial charge in [-0.25, -0.2) is 13.9 Å². The summed E-state index contributed by atoms with van der Waals surface area (Å²) in [5.41, 5.74) is 1.41. The Labute approximate surface area is 110 Å². The van der Waals surface area contributed by atoms with Gasteiger partial charge in [0.1, 0.15) is 6.04 Å². The predicted octanol–water partition coefficient (Wildman–Crippen LogP) is 0.902. The van der Waals surface area contributed by atoms with Gasteiger partial charge in [0, 0.05) is 5.02 Å². The van der Waals surface area contributed by atoms with Crippen molar-refractivity contribution in [1.82, 2.24) is 10.2 Å². The van der Waals surface area contributed by atoms with Crippen LogP contribution in [0.15, 0.2) is 29.2 Å². The lowest BCUT2D eigenvalue weighted by atomic mass is 10.2. The molecule has 100 valence electrons. The number of hydroxylamine groups is 1. The minimum absolute atomic E-state index is 0.0424. The Morgan fingerprint density at radius 1 is 1.50 bits per heavy atom. The van der Waals surface area contributed by atoms with E-state index in [9.17, 15) is 13.2 Å². The summed E-state index contributed by atoms with van der Waals surface area (Å²) in [4.78, 5) is 11.2. The lowest BCUT2D eigenvalue weighted by Crippen LogP contribution is -2.45. The van der Waals surface area contributed by atoms with Crippen LogP contribution in [0.4, 0.5) is 0 Å². The second-order valence-corrected chi connectivity index (χ2v) is 5.67. The first-order valence-electron chi connectivity index (χ1n) is 5.12. The number of rotatable bonds is 5. The average molecular weight is 293 g/mol. The van der Waals surface area contributed by atoms with Crippen LogP contribution in [-0.4, -0.2) is 25.6 Å². The van der Waals surface area contributed by atoms with Crippen molar-refractivity contribution in [3.05, 3.63) is 29.3 Å². The Bertz CT molecular complexity index is 532. The van der Waals surface area contributed by atoms with E-state index in [2.05, 4.69) is 4.72 Å². The van der Waals surface area contributed by atoms with Crippen LogP contribution in [0.3, 0.4) is 0 Å². The molecule has 0 aliphatic heterocycles. The van der Waals surface area contributed by atoms with Gasteiger partial charge in [-0.2, -0.15) is 4.72 Å². The molecule has 1 unspecified atom stereocenters. The van der Waals surface area contributed by atoms with Crippen LogP contribution >= 0.6 is 11.6 Å². The zero-order chi connectivity index (χ0) is 13.8. The topological polar surface area (TPSA) is 95.5 Å². The van der Waals surface area contributed by atoms with E-state index in [-0.39, 0.29) is 16.3 Å². The largest absolute Gasteiger partial charge is 0.289 e. The van der Waals surface area contributed by atoms with E-state index in [0.717, 1.165) is 0 Å². The molecular weight excluding hydrogens is 280 g/mol. The zero-order valence-electron chi connectivity index (χ0n) is 9.55. The van der Waals surface area contributed by atoms with E-state index >= 15 is 0 Å². The molecule has 0 saturated heterocycles. The summed E-state index contributed by atoms with van der Waals surface area (Å²) in [5, 5.41) is 8.77. The number of benzene rings is 1. The van der Waals surface area contributed by atoms with Crippen LogP contribution < -0.4 is 10.2 Å². The van der Waals surface area contributed by atoms with Crippen molar-refractivity contribution >= 4 is 27.5 Å². The maximum absolute atomic E-state index is 11.9. The van der Waals surface area contributed by atoms with Crippen LogP contribution in [0.5, 0.6) is 0 Å². The predicted molar refractivity (Wildman–Crippen MR) is 65.8 cm³/mol. The molecule has 1 amide bonds. The second-order valence-electron chi connectivity index (χ2n) is 3.52. The molecule has 0 spiro atoms. The molecule has 0 aromatic heterocycles. The number of sulfonamides is 1. The molecule has 3 N–H and O–H groups in total. The van der Waals surface area contributed by atoms with Crippen molar-refractivity contribution in [2.75, 3.05) is 0 Å². The zero-order valence-corrected chi connectivity index (χ0v) is 11.1. The van der Waals surface area contributed by atoms with E-state index in [4.69, 9.17) is 16.8 Å². The lowest BCUT2D eigenvalue weighted by Gasteiger charge is -2.14. The molecule has 0 radical (unpaired) electrons. The van der Waals surface area contributed by atoms with Gasteiger partial charge in [0.15, 0.2) is 0 Å². The molecule has 1 atom stereocenters. The molecule has 0 bridgehead atoms. The first-order chi connectivity index (χ1) is 8.40. The quantitative estimate of drug-likeness (QED) is 0.555. The van der Waals surface area contributed by atoms with Crippen LogP contribution in [0.25, 0.3) is 0 Å². The van der Waals surface area contributed by atoms with E-state index < -0.39 is 22.0 Å². The first-order valence-corrected chi connectivity index (χ1v) is 6.98. The van der Waals surface area contributed by atoms with Crippen LogP contribution in [0.2, 0.25) is 5.02 Å². The standard InChI is InChI=1S/C10H13ClN2O4S/c1-2-9(10(14)12-15)13-18(16,17)8-5-3-4-7(11)6-8/h3-6,9,13,15H,2H2,1H3,(H,12,14). The number of halogens is 1. The third-order valence-electron chi connectivity index (χ3n) is 2.24. The highest BCUT2D eigenvalue weighted by Crippen LogP contribution is 2.15. The summed E-state index contributed by atoms with van der Waals surface area (Å²) in [6.07, 6.45) is 0.201. The first kappa shape index (κ1) is 14.9. The summed E-state index contributed by atoms with van der Waals surface area (Å²) >= 11 is 5.70. The Hall–Kier alpha value is -1.15. The molecule has 0 fully saturated rings. The van der Waals surface area contributed by atoms with Crippen LogP contribution in [0.1, 0.15) is 13.3 Å². The molecule has 0 heterocycles. The molecule has 1 aromatic rings. The molecule has 0 aliphatic carbocycles. The highest BCUT2D eigenvalue weighted by molar-refractivity contribution is 7.89. The summed E-state index contributed by atoms with van der Waals surface area (Å²) in [7, 11) is -3.86. The number of hydrogen-bond acceptors (Lipinski definition) is 4. The highest BCUT2D eigenvalue weighted by atomic mass is 35.5. The average Bonchev–Trinajstić information content (AvgIpc) is 2.35. The normalized spacial score (nSPS) is 13.1. The number of carbonyl (C=O) groups excluding carboxylic acids is 1. The smallest absolute Gasteiger partial charge is 0.261 e. The van der Waals surface area contributed by atoms with E-state index in [1.165, 1.54) is 29.7 Å². The molecule has 1 aromatic carbocycles. The van der Waals surface area contributed by atoms with Crippen molar-refractivity contribution in [2.45, 2.75) is 24.3 Å². The van der Waals surface area contributed by atoms with Gasteiger partial charge in [-0.15, -0.1) is 0 Å². The molecule has 8 heteroatoms. The van der Waals surface area contributed by atoms with Crippen molar-refractivity contribution in [2.24, 2.45) is 0 Å². The highest BCUT2D eigenvalue weighted by Gasteiger charge is 2.24. The van der Waals surface area contributed by atoms with Crippen molar-refractivity contribution in [1.29, 1.82) is 0 Å². The maximum atomic E-state index is 11.9. The Kier molecular flexibility index (Phi) is 5.09. The number of carbonyl (C=O) groups is 1. The van der Waals surface area contributed by atoms with E-state index in [0.29, 0.717) is 0 Å². The monoisotopic (exact) mass is 292 g/mol. The number of amides is 1. The Balaban J connectivity index is 2.97. The summed E-state index contributed by atoms with van der Waals surface area (Å²) in [6.45, 7) is 1.61. The van der Waals surface area contributed by atoms with Gasteiger partial charge < -0.3 is 0 Å². The van der Waals surface area contributed by atoms with Gasteiger partial charge in [0.05, 0.1) is 4.90 Å². The van der Waals surface area contributed by atoms with Crippen molar-refractivity contribution in [3.63, 3.8) is 0 Å². The third-order valence-corrected chi connectivity index (χ3v) is 3.94. The van der Waals surface area contributed by atoms with Gasteiger partial charge >= 0.3 is 0 Å². The van der Waals surface area contributed by atoms with Crippen LogP contribution in [-0.2, 0) is 14.8 Å². The number of nitrogens with one attached hydrogen (secondary N) is 2. The minimum atomic E-state index is -3.86. The van der Waals surface area contributed by atoms with Crippen molar-refractivity contribution in [3.8, 4) is 0 Å². The van der Waals surface area contributed by atoms with Crippen LogP contribution in [0, 0.1) is 0 Å². The molecular formula is C10H13ClN2O4S. The molecule has 18 heavy (non-hydrogen) atoms. The number of hydrogen-bond donors (Lipinski definition) is 3. The fourth-order valence-electron chi connectivity index (χ4n) is 1.29. The van der Waals surface area contributed by atoms with Gasteiger partial charge in [-0.3, -0.25) is 10.0 Å². The maximum Gasteiger partial charge on any atom is 0.261 e. The Morgan fingerprint density at radius 2 is 2.17 bits per heavy atom. The van der Waals surface area contributed by atoms with Gasteiger partial charge in [-0.1, -0.05) is 24.6 Å². The molecule has 6 nitrogen and oxygen atoms in total. The minimum Gasteiger partial charge on any atom is -0.289 e. The van der Waals surface area contributed by atoms with Gasteiger partial charge in [-0.05, 0) is 24.6 Å². The summed E-state index contributed by atoms with van der Waals surface area (Å²) in [5.74, 6) is -0.817. The van der Waals surface area contributed by atoms with E-state index in [1.54, 1.807) is 6.92 Å². The second kappa shape index (κ2) is 6.14. The Morgan fingerprint density at radius 3 is 2.67 bits per heavy atom.